The molecule has 0 aromatic carbocycles. The smallest absolute Gasteiger partial charge is 0.306 e. The van der Waals surface area contributed by atoms with E-state index in [4.69, 9.17) is 9.84 Å². The van der Waals surface area contributed by atoms with Crippen LogP contribution >= 0.6 is 0 Å². The van der Waals surface area contributed by atoms with Crippen LogP contribution in [0.1, 0.15) is 157 Å². The number of allylic oxidation sites excluding steroid dienone is 3. The molecule has 4 rings (SSSR count). The van der Waals surface area contributed by atoms with Gasteiger partial charge in [-0.1, -0.05) is 90.9 Å². The SMILES string of the molecule is CC(C)CCCC(C)C1CCC2C3C(=O)C=C4CC(OC(=O)CCCCCCC/C=C/CCC(=O)O)CCC4(C)C3CCC12C. The first-order valence-electron chi connectivity index (χ1n) is 18.8. The van der Waals surface area contributed by atoms with Crippen molar-refractivity contribution in [3.05, 3.63) is 23.8 Å². The summed E-state index contributed by atoms with van der Waals surface area (Å²) < 4.78 is 5.99. The van der Waals surface area contributed by atoms with Crippen LogP contribution in [0.5, 0.6) is 0 Å². The van der Waals surface area contributed by atoms with Gasteiger partial charge in [-0.3, -0.25) is 14.4 Å². The maximum absolute atomic E-state index is 13.9. The van der Waals surface area contributed by atoms with E-state index in [1.165, 1.54) is 44.1 Å². The van der Waals surface area contributed by atoms with E-state index in [9.17, 15) is 14.4 Å². The molecule has 4 aliphatic carbocycles. The number of fused-ring (bicyclic) bond motifs is 5. The lowest BCUT2D eigenvalue weighted by atomic mass is 9.46. The van der Waals surface area contributed by atoms with Gasteiger partial charge in [0.2, 0.25) is 0 Å². The largest absolute Gasteiger partial charge is 0.481 e. The number of carbonyl (C=O) groups is 3. The third-order valence-corrected chi connectivity index (χ3v) is 12.8. The summed E-state index contributed by atoms with van der Waals surface area (Å²) in [6.07, 6.45) is 25.0. The van der Waals surface area contributed by atoms with E-state index in [2.05, 4.69) is 40.7 Å². The number of ketones is 1. The fourth-order valence-corrected chi connectivity index (χ4v) is 10.2. The average Bonchev–Trinajstić information content (AvgIpc) is 3.33. The highest BCUT2D eigenvalue weighted by molar-refractivity contribution is 5.94. The molecule has 0 saturated heterocycles. The minimum atomic E-state index is -0.749. The molecule has 0 amide bonds. The number of carbonyl (C=O) groups excluding carboxylic acids is 2. The van der Waals surface area contributed by atoms with E-state index < -0.39 is 5.97 Å². The Morgan fingerprint density at radius 3 is 2.38 bits per heavy atom. The van der Waals surface area contributed by atoms with Crippen molar-refractivity contribution in [1.82, 2.24) is 0 Å². The Morgan fingerprint density at radius 2 is 1.62 bits per heavy atom. The lowest BCUT2D eigenvalue weighted by Gasteiger charge is -2.57. The van der Waals surface area contributed by atoms with Crippen LogP contribution < -0.4 is 0 Å². The number of carboxylic acid groups (broad SMARTS) is 1. The minimum Gasteiger partial charge on any atom is -0.481 e. The average molecular weight is 625 g/mol. The minimum absolute atomic E-state index is 0.0647. The van der Waals surface area contributed by atoms with Gasteiger partial charge in [0.1, 0.15) is 6.10 Å². The van der Waals surface area contributed by atoms with Gasteiger partial charge < -0.3 is 9.84 Å². The molecule has 0 heterocycles. The molecule has 4 aliphatic rings. The van der Waals surface area contributed by atoms with Crippen LogP contribution in [0.15, 0.2) is 23.8 Å². The predicted molar refractivity (Wildman–Crippen MR) is 182 cm³/mol. The Bertz CT molecular complexity index is 1070. The number of aliphatic carboxylic acids is 1. The van der Waals surface area contributed by atoms with Gasteiger partial charge >= 0.3 is 11.9 Å². The quantitative estimate of drug-likeness (QED) is 0.0989. The molecule has 254 valence electrons. The van der Waals surface area contributed by atoms with Crippen molar-refractivity contribution in [3.8, 4) is 0 Å². The number of unbranched alkanes of at least 4 members (excludes halogenated alkanes) is 5. The number of carboxylic acids is 1. The van der Waals surface area contributed by atoms with E-state index in [-0.39, 0.29) is 29.8 Å². The van der Waals surface area contributed by atoms with Crippen molar-refractivity contribution >= 4 is 17.7 Å². The molecule has 5 heteroatoms. The topological polar surface area (TPSA) is 80.7 Å². The van der Waals surface area contributed by atoms with Gasteiger partial charge in [-0.15, -0.1) is 0 Å². The Hall–Kier alpha value is -1.91. The number of hydrogen-bond donors (Lipinski definition) is 1. The zero-order valence-corrected chi connectivity index (χ0v) is 29.3. The summed E-state index contributed by atoms with van der Waals surface area (Å²) in [4.78, 5) is 37.1. The summed E-state index contributed by atoms with van der Waals surface area (Å²) in [5, 5.41) is 8.67. The molecule has 3 saturated carbocycles. The monoisotopic (exact) mass is 624 g/mol. The number of hydrogen-bond acceptors (Lipinski definition) is 4. The van der Waals surface area contributed by atoms with Crippen LogP contribution in [0, 0.1) is 46.3 Å². The molecule has 3 fully saturated rings. The van der Waals surface area contributed by atoms with Crippen LogP contribution in [0.3, 0.4) is 0 Å². The van der Waals surface area contributed by atoms with Gasteiger partial charge in [0.05, 0.1) is 0 Å². The maximum Gasteiger partial charge on any atom is 0.306 e. The Balaban J connectivity index is 1.22. The summed E-state index contributed by atoms with van der Waals surface area (Å²) in [5.41, 5.74) is 1.62. The van der Waals surface area contributed by atoms with Crippen molar-refractivity contribution in [3.63, 3.8) is 0 Å². The molecular weight excluding hydrogens is 560 g/mol. The molecule has 5 nitrogen and oxygen atoms in total. The number of esters is 1. The predicted octanol–water partition coefficient (Wildman–Crippen LogP) is 10.3. The molecule has 0 bridgehead atoms. The van der Waals surface area contributed by atoms with E-state index >= 15 is 0 Å². The molecule has 45 heavy (non-hydrogen) atoms. The van der Waals surface area contributed by atoms with Crippen molar-refractivity contribution in [1.29, 1.82) is 0 Å². The van der Waals surface area contributed by atoms with Gasteiger partial charge in [0, 0.05) is 25.2 Å². The highest BCUT2D eigenvalue weighted by Crippen LogP contribution is 2.66. The summed E-state index contributed by atoms with van der Waals surface area (Å²) >= 11 is 0. The highest BCUT2D eigenvalue weighted by Gasteiger charge is 2.61. The first kappa shape index (κ1) is 35.9. The summed E-state index contributed by atoms with van der Waals surface area (Å²) in [5.74, 6) is 2.94. The van der Waals surface area contributed by atoms with E-state index in [0.29, 0.717) is 35.9 Å². The van der Waals surface area contributed by atoms with Crippen LogP contribution in [-0.2, 0) is 19.1 Å². The molecule has 0 aromatic rings. The molecule has 0 aromatic heterocycles. The fourth-order valence-electron chi connectivity index (χ4n) is 10.2. The summed E-state index contributed by atoms with van der Waals surface area (Å²) in [6, 6.07) is 0. The van der Waals surface area contributed by atoms with Crippen molar-refractivity contribution < 1.29 is 24.2 Å². The van der Waals surface area contributed by atoms with E-state index in [1.54, 1.807) is 0 Å². The Kier molecular flexibility index (Phi) is 13.0. The highest BCUT2D eigenvalue weighted by atomic mass is 16.5. The van der Waals surface area contributed by atoms with Crippen LogP contribution in [-0.4, -0.2) is 28.9 Å². The second-order valence-electron chi connectivity index (χ2n) is 16.3. The summed E-state index contributed by atoms with van der Waals surface area (Å²) in [6.45, 7) is 12.1. The fraction of sp³-hybridized carbons (Fsp3) is 0.825. The molecule has 0 spiro atoms. The lowest BCUT2D eigenvalue weighted by Crippen LogP contribution is -2.53. The number of ether oxygens (including phenoxy) is 1. The second-order valence-corrected chi connectivity index (χ2v) is 16.3. The third kappa shape index (κ3) is 8.92. The van der Waals surface area contributed by atoms with Gasteiger partial charge in [-0.25, -0.2) is 0 Å². The van der Waals surface area contributed by atoms with Crippen molar-refractivity contribution in [2.45, 2.75) is 163 Å². The normalized spacial score (nSPS) is 33.4. The Labute approximate surface area is 274 Å². The molecular formula is C40H64O5. The zero-order chi connectivity index (χ0) is 32.6. The first-order chi connectivity index (χ1) is 21.5. The maximum atomic E-state index is 13.9. The molecule has 1 N–H and O–H groups in total. The zero-order valence-electron chi connectivity index (χ0n) is 29.3. The molecule has 8 atom stereocenters. The lowest BCUT2D eigenvalue weighted by molar-refractivity contribution is -0.152. The molecule has 8 unspecified atom stereocenters. The van der Waals surface area contributed by atoms with Gasteiger partial charge in [0.25, 0.3) is 0 Å². The van der Waals surface area contributed by atoms with Crippen molar-refractivity contribution in [2.24, 2.45) is 46.3 Å². The first-order valence-corrected chi connectivity index (χ1v) is 18.8. The van der Waals surface area contributed by atoms with Gasteiger partial charge in [-0.05, 0) is 111 Å². The molecule has 0 aliphatic heterocycles. The van der Waals surface area contributed by atoms with E-state index in [0.717, 1.165) is 82.0 Å². The number of rotatable bonds is 17. The molecule has 0 radical (unpaired) electrons. The summed E-state index contributed by atoms with van der Waals surface area (Å²) in [7, 11) is 0. The third-order valence-electron chi connectivity index (χ3n) is 12.8. The van der Waals surface area contributed by atoms with Crippen molar-refractivity contribution in [2.75, 3.05) is 0 Å². The Morgan fingerprint density at radius 1 is 0.889 bits per heavy atom. The van der Waals surface area contributed by atoms with Crippen LogP contribution in [0.25, 0.3) is 0 Å². The van der Waals surface area contributed by atoms with Crippen LogP contribution in [0.4, 0.5) is 0 Å². The van der Waals surface area contributed by atoms with E-state index in [1.807, 2.05) is 12.2 Å². The van der Waals surface area contributed by atoms with Crippen LogP contribution in [0.2, 0.25) is 0 Å². The second kappa shape index (κ2) is 16.3. The van der Waals surface area contributed by atoms with Gasteiger partial charge in [-0.2, -0.15) is 0 Å². The standard InChI is InChI=1S/C40H64O5/c1-28(2)16-15-17-29(3)32-20-21-33-38-34(23-25-40(32,33)5)39(4)24-22-31(26-30(39)27-35(38)41)45-37(44)19-14-12-10-8-6-7-9-11-13-18-36(42)43/h9,11,27-29,31-34,38H,6-8,10,12-26H2,1-5H3,(H,42,43)/b11-9+. The van der Waals surface area contributed by atoms with Gasteiger partial charge in [0.15, 0.2) is 5.78 Å².